The highest BCUT2D eigenvalue weighted by Gasteiger charge is 2.14. The number of hydrogen-bond donors (Lipinski definition) is 1. The smallest absolute Gasteiger partial charge is 0.209 e. The molecule has 0 radical (unpaired) electrons. The molecule has 0 heterocycles. The van der Waals surface area contributed by atoms with E-state index in [1.807, 2.05) is 27.7 Å². The van der Waals surface area contributed by atoms with Crippen molar-refractivity contribution in [3.63, 3.8) is 0 Å². The molecule has 0 rings (SSSR count). The van der Waals surface area contributed by atoms with Gasteiger partial charge in [-0.25, -0.2) is 13.1 Å². The molecule has 0 saturated heterocycles. The van der Waals surface area contributed by atoms with Crippen molar-refractivity contribution in [3.05, 3.63) is 0 Å². The van der Waals surface area contributed by atoms with E-state index in [-0.39, 0.29) is 0 Å². The first-order valence-corrected chi connectivity index (χ1v) is 6.33. The Balaban J connectivity index is 4.13. The van der Waals surface area contributed by atoms with Crippen molar-refractivity contribution in [2.75, 3.05) is 12.9 Å². The first-order chi connectivity index (χ1) is 5.74. The molecule has 0 aromatic carbocycles. The topological polar surface area (TPSA) is 49.4 Å². The fourth-order valence-electron chi connectivity index (χ4n) is 1.15. The van der Waals surface area contributed by atoms with E-state index in [0.29, 0.717) is 18.8 Å². The van der Waals surface area contributed by atoms with E-state index >= 15 is 0 Å². The van der Waals surface area contributed by atoms with Gasteiger partial charge in [0.25, 0.3) is 0 Å². The highest BCUT2D eigenvalue weighted by molar-refractivity contribution is 7.88. The minimum Gasteiger partial charge on any atom is -0.285 e. The van der Waals surface area contributed by atoms with Crippen LogP contribution >= 0.6 is 0 Å². The fourth-order valence-corrected chi connectivity index (χ4v) is 1.54. The maximum Gasteiger partial charge on any atom is 0.209 e. The molecule has 5 heteroatoms. The molecule has 0 atom stereocenters. The predicted molar refractivity (Wildman–Crippen MR) is 55.0 cm³/mol. The molecule has 0 saturated carbocycles. The number of rotatable bonds is 5. The lowest BCUT2D eigenvalue weighted by atomic mass is 10.2. The fraction of sp³-hybridized carbons (Fsp3) is 1.00. The molecular formula is C8H20N2O2S. The first kappa shape index (κ1) is 12.9. The maximum atomic E-state index is 10.8. The SMILES string of the molecule is CC(C)N(CNS(C)(=O)=O)C(C)C. The molecule has 0 fully saturated rings. The van der Waals surface area contributed by atoms with Crippen LogP contribution in [0.2, 0.25) is 0 Å². The van der Waals surface area contributed by atoms with E-state index < -0.39 is 10.0 Å². The van der Waals surface area contributed by atoms with Crippen LogP contribution in [-0.2, 0) is 10.0 Å². The second kappa shape index (κ2) is 4.93. The van der Waals surface area contributed by atoms with Crippen LogP contribution in [0.15, 0.2) is 0 Å². The highest BCUT2D eigenvalue weighted by atomic mass is 32.2. The van der Waals surface area contributed by atoms with Gasteiger partial charge in [0.05, 0.1) is 12.9 Å². The van der Waals surface area contributed by atoms with Crippen molar-refractivity contribution < 1.29 is 8.42 Å². The van der Waals surface area contributed by atoms with Gasteiger partial charge >= 0.3 is 0 Å². The lowest BCUT2D eigenvalue weighted by molar-refractivity contribution is 0.172. The van der Waals surface area contributed by atoms with Crippen LogP contribution in [0.4, 0.5) is 0 Å². The molecule has 0 aliphatic rings. The maximum absolute atomic E-state index is 10.8. The van der Waals surface area contributed by atoms with E-state index in [2.05, 4.69) is 9.62 Å². The van der Waals surface area contributed by atoms with Gasteiger partial charge in [-0.05, 0) is 27.7 Å². The summed E-state index contributed by atoms with van der Waals surface area (Å²) in [5.74, 6) is 0. The first-order valence-electron chi connectivity index (χ1n) is 4.44. The minimum absolute atomic E-state index is 0.342. The van der Waals surface area contributed by atoms with Gasteiger partial charge in [-0.3, -0.25) is 4.90 Å². The summed E-state index contributed by atoms with van der Waals surface area (Å²) in [6.45, 7) is 8.57. The van der Waals surface area contributed by atoms with E-state index in [0.717, 1.165) is 0 Å². The van der Waals surface area contributed by atoms with Crippen LogP contribution in [0.5, 0.6) is 0 Å². The Labute approximate surface area is 81.4 Å². The van der Waals surface area contributed by atoms with Gasteiger partial charge in [0.1, 0.15) is 0 Å². The third-order valence-electron chi connectivity index (χ3n) is 1.84. The van der Waals surface area contributed by atoms with Gasteiger partial charge in [0, 0.05) is 12.1 Å². The van der Waals surface area contributed by atoms with E-state index in [1.165, 1.54) is 6.26 Å². The molecule has 0 amide bonds. The zero-order valence-corrected chi connectivity index (χ0v) is 9.85. The summed E-state index contributed by atoms with van der Waals surface area (Å²) < 4.78 is 24.2. The van der Waals surface area contributed by atoms with Crippen molar-refractivity contribution >= 4 is 10.0 Å². The predicted octanol–water partition coefficient (Wildman–Crippen LogP) is 0.612. The summed E-state index contributed by atoms with van der Waals surface area (Å²) in [4.78, 5) is 2.07. The molecule has 0 aliphatic heterocycles. The van der Waals surface area contributed by atoms with Crippen LogP contribution in [0.1, 0.15) is 27.7 Å². The number of sulfonamides is 1. The largest absolute Gasteiger partial charge is 0.285 e. The van der Waals surface area contributed by atoms with Crippen LogP contribution in [0, 0.1) is 0 Å². The molecule has 13 heavy (non-hydrogen) atoms. The Bertz CT molecular complexity index is 227. The minimum atomic E-state index is -3.08. The van der Waals surface area contributed by atoms with Gasteiger partial charge in [-0.15, -0.1) is 0 Å². The zero-order chi connectivity index (χ0) is 10.6. The van der Waals surface area contributed by atoms with E-state index in [4.69, 9.17) is 0 Å². The van der Waals surface area contributed by atoms with Crippen LogP contribution in [0.3, 0.4) is 0 Å². The van der Waals surface area contributed by atoms with E-state index in [1.54, 1.807) is 0 Å². The molecule has 0 spiro atoms. The summed E-state index contributed by atoms with van der Waals surface area (Å²) in [7, 11) is -3.08. The van der Waals surface area contributed by atoms with E-state index in [9.17, 15) is 8.42 Å². The van der Waals surface area contributed by atoms with Crippen LogP contribution < -0.4 is 4.72 Å². The Morgan fingerprint density at radius 3 is 1.77 bits per heavy atom. The Hall–Kier alpha value is -0.130. The molecule has 1 N–H and O–H groups in total. The monoisotopic (exact) mass is 208 g/mol. The number of nitrogens with zero attached hydrogens (tertiary/aromatic N) is 1. The second-order valence-electron chi connectivity index (χ2n) is 3.78. The normalized spacial score (nSPS) is 13.2. The van der Waals surface area contributed by atoms with Crippen LogP contribution in [0.25, 0.3) is 0 Å². The molecular weight excluding hydrogens is 188 g/mol. The second-order valence-corrected chi connectivity index (χ2v) is 5.61. The number of hydrogen-bond acceptors (Lipinski definition) is 3. The third kappa shape index (κ3) is 6.01. The lowest BCUT2D eigenvalue weighted by Gasteiger charge is -2.30. The highest BCUT2D eigenvalue weighted by Crippen LogP contribution is 2.02. The van der Waals surface area contributed by atoms with Crippen molar-refractivity contribution in [3.8, 4) is 0 Å². The molecule has 0 unspecified atom stereocenters. The average Bonchev–Trinajstić information content (AvgIpc) is 1.82. The Morgan fingerprint density at radius 2 is 1.54 bits per heavy atom. The third-order valence-corrected chi connectivity index (χ3v) is 2.49. The molecule has 0 aromatic heterocycles. The molecule has 0 aromatic rings. The summed E-state index contributed by atoms with van der Waals surface area (Å²) in [6.07, 6.45) is 1.17. The zero-order valence-electron chi connectivity index (χ0n) is 9.03. The summed E-state index contributed by atoms with van der Waals surface area (Å²) >= 11 is 0. The number of nitrogens with one attached hydrogen (secondary N) is 1. The summed E-state index contributed by atoms with van der Waals surface area (Å²) in [5, 5.41) is 0. The van der Waals surface area contributed by atoms with Gasteiger partial charge in [0.2, 0.25) is 10.0 Å². The summed E-state index contributed by atoms with van der Waals surface area (Å²) in [6, 6.07) is 0.684. The Kier molecular flexibility index (Phi) is 4.88. The van der Waals surface area contributed by atoms with Gasteiger partial charge in [-0.2, -0.15) is 0 Å². The van der Waals surface area contributed by atoms with Crippen molar-refractivity contribution in [2.45, 2.75) is 39.8 Å². The van der Waals surface area contributed by atoms with Crippen molar-refractivity contribution in [1.82, 2.24) is 9.62 Å². The van der Waals surface area contributed by atoms with Crippen LogP contribution in [-0.4, -0.2) is 38.3 Å². The van der Waals surface area contributed by atoms with Gasteiger partial charge in [0.15, 0.2) is 0 Å². The van der Waals surface area contributed by atoms with Crippen molar-refractivity contribution in [2.24, 2.45) is 0 Å². The summed E-state index contributed by atoms with van der Waals surface area (Å²) in [5.41, 5.74) is 0. The van der Waals surface area contributed by atoms with Crippen molar-refractivity contribution in [1.29, 1.82) is 0 Å². The van der Waals surface area contributed by atoms with Gasteiger partial charge in [-0.1, -0.05) is 0 Å². The molecule has 80 valence electrons. The standard InChI is InChI=1S/C8H20N2O2S/c1-7(2)10(8(3)4)6-9-13(5,11)12/h7-9H,6H2,1-5H3. The average molecular weight is 208 g/mol. The molecule has 0 bridgehead atoms. The molecule has 0 aliphatic carbocycles. The quantitative estimate of drug-likeness (QED) is 0.674. The lowest BCUT2D eigenvalue weighted by Crippen LogP contribution is -2.44. The Morgan fingerprint density at radius 1 is 1.15 bits per heavy atom. The molecule has 4 nitrogen and oxygen atoms in total. The van der Waals surface area contributed by atoms with Gasteiger partial charge < -0.3 is 0 Å².